The van der Waals surface area contributed by atoms with Gasteiger partial charge in [0.05, 0.1) is 25.6 Å². The van der Waals surface area contributed by atoms with E-state index in [4.69, 9.17) is 9.47 Å². The zero-order chi connectivity index (χ0) is 21.5. The summed E-state index contributed by atoms with van der Waals surface area (Å²) in [4.78, 5) is 14.4. The van der Waals surface area contributed by atoms with Crippen LogP contribution in [0.3, 0.4) is 0 Å². The molecule has 0 fully saturated rings. The Labute approximate surface area is 175 Å². The minimum absolute atomic E-state index is 0.304. The molecule has 0 unspecified atom stereocenters. The van der Waals surface area contributed by atoms with Crippen molar-refractivity contribution >= 4 is 17.8 Å². The Kier molecular flexibility index (Phi) is 6.69. The number of hydrogen-bond acceptors (Lipinski definition) is 6. The molecule has 1 aromatic heterocycles. The summed E-state index contributed by atoms with van der Waals surface area (Å²) >= 11 is 0. The zero-order valence-corrected chi connectivity index (χ0v) is 17.5. The Balaban J connectivity index is 1.66. The van der Waals surface area contributed by atoms with Gasteiger partial charge in [-0.25, -0.2) is 5.43 Å². The number of aromatic amines is 1. The molecule has 1 amide bonds. The first-order valence-electron chi connectivity index (χ1n) is 9.49. The van der Waals surface area contributed by atoms with E-state index in [1.54, 1.807) is 19.4 Å². The lowest BCUT2D eigenvalue weighted by Crippen LogP contribution is -2.18. The highest BCUT2D eigenvalue weighted by molar-refractivity contribution is 5.94. The molecule has 0 aliphatic rings. The first kappa shape index (κ1) is 20.9. The van der Waals surface area contributed by atoms with E-state index < -0.39 is 0 Å². The van der Waals surface area contributed by atoms with Crippen molar-refractivity contribution in [2.75, 3.05) is 32.7 Å². The molecule has 1 heterocycles. The maximum atomic E-state index is 12.3. The highest BCUT2D eigenvalue weighted by Crippen LogP contribution is 2.32. The van der Waals surface area contributed by atoms with Gasteiger partial charge in [0.1, 0.15) is 5.69 Å². The van der Waals surface area contributed by atoms with Crippen molar-refractivity contribution in [3.8, 4) is 22.8 Å². The van der Waals surface area contributed by atoms with Crippen molar-refractivity contribution < 1.29 is 14.3 Å². The van der Waals surface area contributed by atoms with Crippen molar-refractivity contribution in [1.82, 2.24) is 15.6 Å². The highest BCUT2D eigenvalue weighted by atomic mass is 16.5. The number of rotatable bonds is 8. The lowest BCUT2D eigenvalue weighted by atomic mass is 10.1. The van der Waals surface area contributed by atoms with Crippen LogP contribution < -0.4 is 19.8 Å². The van der Waals surface area contributed by atoms with E-state index in [9.17, 15) is 4.79 Å². The fourth-order valence-corrected chi connectivity index (χ4v) is 2.77. The second-order valence-electron chi connectivity index (χ2n) is 6.65. The van der Waals surface area contributed by atoms with E-state index in [2.05, 4.69) is 20.7 Å². The molecule has 0 saturated heterocycles. The number of hydrazone groups is 1. The van der Waals surface area contributed by atoms with Crippen molar-refractivity contribution in [3.05, 3.63) is 59.8 Å². The van der Waals surface area contributed by atoms with Crippen LogP contribution in [0.5, 0.6) is 11.5 Å². The fraction of sp³-hybridized carbons (Fsp3) is 0.227. The Morgan fingerprint density at radius 3 is 2.60 bits per heavy atom. The second kappa shape index (κ2) is 9.60. The molecule has 0 aliphatic heterocycles. The Morgan fingerprint density at radius 1 is 1.17 bits per heavy atom. The summed E-state index contributed by atoms with van der Waals surface area (Å²) in [7, 11) is 5.54. The van der Waals surface area contributed by atoms with E-state index in [-0.39, 0.29) is 5.91 Å². The van der Waals surface area contributed by atoms with Crippen molar-refractivity contribution in [1.29, 1.82) is 0 Å². The van der Waals surface area contributed by atoms with Gasteiger partial charge in [-0.15, -0.1) is 0 Å². The molecule has 3 aromatic rings. The minimum atomic E-state index is -0.382. The van der Waals surface area contributed by atoms with E-state index in [1.165, 1.54) is 0 Å². The number of hydrogen-bond donors (Lipinski definition) is 2. The third kappa shape index (κ3) is 4.96. The van der Waals surface area contributed by atoms with E-state index in [0.29, 0.717) is 29.5 Å². The van der Waals surface area contributed by atoms with Crippen LogP contribution in [0.25, 0.3) is 11.3 Å². The quantitative estimate of drug-likeness (QED) is 0.442. The van der Waals surface area contributed by atoms with Gasteiger partial charge >= 0.3 is 0 Å². The van der Waals surface area contributed by atoms with Crippen molar-refractivity contribution in [2.45, 2.75) is 6.92 Å². The molecule has 0 radical (unpaired) electrons. The summed E-state index contributed by atoms with van der Waals surface area (Å²) in [6, 6.07) is 15.0. The lowest BCUT2D eigenvalue weighted by Gasteiger charge is -2.11. The van der Waals surface area contributed by atoms with Crippen molar-refractivity contribution in [3.63, 3.8) is 0 Å². The highest BCUT2D eigenvalue weighted by Gasteiger charge is 2.13. The molecule has 0 bridgehead atoms. The summed E-state index contributed by atoms with van der Waals surface area (Å²) in [5, 5.41) is 11.0. The third-order valence-electron chi connectivity index (χ3n) is 4.37. The lowest BCUT2D eigenvalue weighted by molar-refractivity contribution is 0.0950. The molecule has 0 aliphatic carbocycles. The number of ether oxygens (including phenoxy) is 2. The standard InChI is InChI=1S/C22H25N5O3/c1-5-30-20-11-8-16(12-21(20)29-4)18-13-19(25-24-18)22(28)26-23-14-15-6-9-17(10-7-15)27(2)3/h6-14H,5H2,1-4H3,(H,24,25)(H,26,28). The monoisotopic (exact) mass is 407 g/mol. The van der Waals surface area contributed by atoms with Gasteiger partial charge in [0, 0.05) is 25.3 Å². The maximum absolute atomic E-state index is 12.3. The molecule has 0 spiro atoms. The van der Waals surface area contributed by atoms with Crippen LogP contribution in [-0.2, 0) is 0 Å². The van der Waals surface area contributed by atoms with E-state index >= 15 is 0 Å². The number of methoxy groups -OCH3 is 1. The van der Waals surface area contributed by atoms with Gasteiger partial charge in [-0.3, -0.25) is 9.89 Å². The molecule has 2 aromatic carbocycles. The Hall–Kier alpha value is -3.81. The van der Waals surface area contributed by atoms with Gasteiger partial charge in [-0.1, -0.05) is 12.1 Å². The van der Waals surface area contributed by atoms with Crippen LogP contribution >= 0.6 is 0 Å². The average molecular weight is 407 g/mol. The molecular weight excluding hydrogens is 382 g/mol. The van der Waals surface area contributed by atoms with Crippen LogP contribution in [0.1, 0.15) is 23.0 Å². The maximum Gasteiger partial charge on any atom is 0.289 e. The SMILES string of the molecule is CCOc1ccc(-c2cc(C(=O)NN=Cc3ccc(N(C)C)cc3)[nH]n2)cc1OC. The summed E-state index contributed by atoms with van der Waals surface area (Å²) in [5.41, 5.74) is 6.19. The van der Waals surface area contributed by atoms with Crippen molar-refractivity contribution in [2.24, 2.45) is 5.10 Å². The predicted molar refractivity (Wildman–Crippen MR) is 118 cm³/mol. The smallest absolute Gasteiger partial charge is 0.289 e. The molecule has 0 atom stereocenters. The summed E-state index contributed by atoms with van der Waals surface area (Å²) < 4.78 is 10.9. The topological polar surface area (TPSA) is 91.8 Å². The number of carbonyl (C=O) groups excluding carboxylic acids is 1. The zero-order valence-electron chi connectivity index (χ0n) is 17.5. The number of aromatic nitrogens is 2. The van der Waals surface area contributed by atoms with E-state index in [0.717, 1.165) is 16.8 Å². The molecule has 30 heavy (non-hydrogen) atoms. The number of H-pyrrole nitrogens is 1. The van der Waals surface area contributed by atoms with Crippen LogP contribution in [0.2, 0.25) is 0 Å². The molecule has 8 nitrogen and oxygen atoms in total. The van der Waals surface area contributed by atoms with Gasteiger partial charge < -0.3 is 14.4 Å². The first-order valence-corrected chi connectivity index (χ1v) is 9.49. The number of amides is 1. The number of carbonyl (C=O) groups is 1. The molecular formula is C22H25N5O3. The third-order valence-corrected chi connectivity index (χ3v) is 4.37. The van der Waals surface area contributed by atoms with Crippen LogP contribution in [-0.4, -0.2) is 50.1 Å². The molecule has 0 saturated carbocycles. The van der Waals surface area contributed by atoms with Crippen LogP contribution in [0.4, 0.5) is 5.69 Å². The number of nitrogens with zero attached hydrogens (tertiary/aromatic N) is 3. The minimum Gasteiger partial charge on any atom is -0.493 e. The van der Waals surface area contributed by atoms with Crippen LogP contribution in [0, 0.1) is 0 Å². The summed E-state index contributed by atoms with van der Waals surface area (Å²) in [6.45, 7) is 2.45. The molecule has 156 valence electrons. The second-order valence-corrected chi connectivity index (χ2v) is 6.65. The summed E-state index contributed by atoms with van der Waals surface area (Å²) in [6.07, 6.45) is 1.59. The van der Waals surface area contributed by atoms with Crippen LogP contribution in [0.15, 0.2) is 53.6 Å². The molecule has 3 rings (SSSR count). The summed E-state index contributed by atoms with van der Waals surface area (Å²) in [5.74, 6) is 0.881. The van der Waals surface area contributed by atoms with Gasteiger partial charge in [-0.2, -0.15) is 10.2 Å². The number of benzene rings is 2. The number of anilines is 1. The van der Waals surface area contributed by atoms with Gasteiger partial charge in [0.15, 0.2) is 11.5 Å². The van der Waals surface area contributed by atoms with Gasteiger partial charge in [-0.05, 0) is 48.9 Å². The van der Waals surface area contributed by atoms with E-state index in [1.807, 2.05) is 68.4 Å². The van der Waals surface area contributed by atoms with Gasteiger partial charge in [0.2, 0.25) is 0 Å². The molecule has 2 N–H and O–H groups in total. The largest absolute Gasteiger partial charge is 0.493 e. The Bertz CT molecular complexity index is 1030. The normalized spacial score (nSPS) is 10.8. The average Bonchev–Trinajstić information content (AvgIpc) is 3.25. The predicted octanol–water partition coefficient (Wildman–Crippen LogP) is 3.31. The van der Waals surface area contributed by atoms with Gasteiger partial charge in [0.25, 0.3) is 5.91 Å². The molecule has 8 heteroatoms. The number of nitrogens with one attached hydrogen (secondary N) is 2. The fourth-order valence-electron chi connectivity index (χ4n) is 2.77. The first-order chi connectivity index (χ1) is 14.5. The Morgan fingerprint density at radius 2 is 1.93 bits per heavy atom.